The number of nitrogens with two attached hydrogens (primary N) is 2. The summed E-state index contributed by atoms with van der Waals surface area (Å²) in [5.41, 5.74) is 11.6. The molecule has 0 saturated heterocycles. The predicted octanol–water partition coefficient (Wildman–Crippen LogP) is 6.41. The Labute approximate surface area is 182 Å². The molecule has 0 rings (SSSR count). The molecule has 3 unspecified atom stereocenters. The minimum absolute atomic E-state index is 0.107. The molecule has 3 atom stereocenters. The zero-order chi connectivity index (χ0) is 22.4. The van der Waals surface area contributed by atoms with Gasteiger partial charge in [-0.15, -0.1) is 0 Å². The average Bonchev–Trinajstić information content (AvgIpc) is 2.62. The molecule has 176 valence electrons. The Morgan fingerprint density at radius 3 is 2.07 bits per heavy atom. The maximum atomic E-state index is 6.41. The first kappa shape index (κ1) is 28.8. The zero-order valence-electron chi connectivity index (χ0n) is 20.9. The van der Waals surface area contributed by atoms with Crippen LogP contribution >= 0.6 is 0 Å². The molecule has 0 aromatic rings. The molecule has 0 aliphatic rings. The van der Waals surface area contributed by atoms with E-state index in [9.17, 15) is 0 Å². The number of unbranched alkanes of at least 4 members (excludes halogenated alkanes) is 3. The molecule has 0 fully saturated rings. The van der Waals surface area contributed by atoms with Gasteiger partial charge in [0, 0.05) is 6.42 Å². The maximum absolute atomic E-state index is 6.41. The summed E-state index contributed by atoms with van der Waals surface area (Å²) in [6.45, 7) is 17.4. The Hall–Kier alpha value is -0.160. The Morgan fingerprint density at radius 2 is 1.48 bits per heavy atom. The van der Waals surface area contributed by atoms with Gasteiger partial charge in [0.1, 0.15) is 5.72 Å². The van der Waals surface area contributed by atoms with Crippen molar-refractivity contribution in [2.24, 2.45) is 22.8 Å². The van der Waals surface area contributed by atoms with Crippen molar-refractivity contribution in [1.29, 1.82) is 0 Å². The molecule has 4 heteroatoms. The van der Waals surface area contributed by atoms with Gasteiger partial charge in [0.2, 0.25) is 0 Å². The third-order valence-corrected chi connectivity index (χ3v) is 6.23. The van der Waals surface area contributed by atoms with E-state index in [1.165, 1.54) is 38.5 Å². The van der Waals surface area contributed by atoms with Crippen molar-refractivity contribution >= 4 is 0 Å². The number of rotatable bonds is 19. The minimum Gasteiger partial charge on any atom is -0.375 e. The molecule has 29 heavy (non-hydrogen) atoms. The molecule has 4 nitrogen and oxygen atoms in total. The summed E-state index contributed by atoms with van der Waals surface area (Å²) in [6, 6.07) is 0. The Bertz CT molecular complexity index is 390. The third kappa shape index (κ3) is 15.3. The van der Waals surface area contributed by atoms with Crippen LogP contribution in [-0.2, 0) is 9.47 Å². The van der Waals surface area contributed by atoms with Crippen LogP contribution in [-0.4, -0.2) is 31.1 Å². The monoisotopic (exact) mass is 414 g/mol. The van der Waals surface area contributed by atoms with Crippen LogP contribution in [0.5, 0.6) is 0 Å². The summed E-state index contributed by atoms with van der Waals surface area (Å²) in [5, 5.41) is 0. The highest BCUT2D eigenvalue weighted by Gasteiger charge is 2.29. The van der Waals surface area contributed by atoms with E-state index in [2.05, 4.69) is 41.5 Å². The van der Waals surface area contributed by atoms with Crippen LogP contribution in [0, 0.1) is 11.3 Å². The lowest BCUT2D eigenvalue weighted by Gasteiger charge is -2.35. The van der Waals surface area contributed by atoms with Crippen molar-refractivity contribution in [2.75, 3.05) is 19.8 Å². The summed E-state index contributed by atoms with van der Waals surface area (Å²) >= 11 is 0. The lowest BCUT2D eigenvalue weighted by atomic mass is 9.83. The van der Waals surface area contributed by atoms with Gasteiger partial charge >= 0.3 is 0 Å². The summed E-state index contributed by atoms with van der Waals surface area (Å²) in [6.07, 6.45) is 13.0. The van der Waals surface area contributed by atoms with Gasteiger partial charge in [0.25, 0.3) is 0 Å². The van der Waals surface area contributed by atoms with Crippen LogP contribution in [0.2, 0.25) is 0 Å². The second-order valence-electron chi connectivity index (χ2n) is 10.6. The fourth-order valence-corrected chi connectivity index (χ4v) is 3.89. The highest BCUT2D eigenvalue weighted by molar-refractivity contribution is 4.77. The molecular formula is C25H54N2O2. The van der Waals surface area contributed by atoms with E-state index in [1.54, 1.807) is 0 Å². The summed E-state index contributed by atoms with van der Waals surface area (Å²) in [4.78, 5) is 0. The molecule has 0 spiro atoms. The summed E-state index contributed by atoms with van der Waals surface area (Å²) in [7, 11) is 0. The van der Waals surface area contributed by atoms with Crippen LogP contribution in [0.25, 0.3) is 0 Å². The van der Waals surface area contributed by atoms with E-state index in [0.717, 1.165) is 31.6 Å². The summed E-state index contributed by atoms with van der Waals surface area (Å²) in [5.74, 6) is 0.775. The molecule has 0 aromatic heterocycles. The van der Waals surface area contributed by atoms with E-state index in [0.29, 0.717) is 26.2 Å². The molecule has 0 bridgehead atoms. The van der Waals surface area contributed by atoms with Crippen LogP contribution in [0.3, 0.4) is 0 Å². The Balaban J connectivity index is 4.21. The third-order valence-electron chi connectivity index (χ3n) is 6.23. The van der Waals surface area contributed by atoms with Crippen LogP contribution in [0.4, 0.5) is 0 Å². The highest BCUT2D eigenvalue weighted by Crippen LogP contribution is 2.29. The lowest BCUT2D eigenvalue weighted by molar-refractivity contribution is -0.102. The molecule has 0 aromatic carbocycles. The van der Waals surface area contributed by atoms with Crippen molar-refractivity contribution in [3.63, 3.8) is 0 Å². The molecule has 0 heterocycles. The maximum Gasteiger partial charge on any atom is 0.116 e. The second-order valence-corrected chi connectivity index (χ2v) is 10.6. The lowest BCUT2D eigenvalue weighted by Crippen LogP contribution is -2.44. The Morgan fingerprint density at radius 1 is 0.793 bits per heavy atom. The molecule has 0 amide bonds. The van der Waals surface area contributed by atoms with Gasteiger partial charge in [-0.1, -0.05) is 66.2 Å². The quantitative estimate of drug-likeness (QED) is 0.189. The van der Waals surface area contributed by atoms with E-state index in [1.807, 2.05) is 6.92 Å². The average molecular weight is 415 g/mol. The molecule has 0 aliphatic heterocycles. The second kappa shape index (κ2) is 14.8. The minimum atomic E-state index is -0.660. The van der Waals surface area contributed by atoms with Gasteiger partial charge in [-0.25, -0.2) is 0 Å². The van der Waals surface area contributed by atoms with E-state index in [4.69, 9.17) is 20.9 Å². The van der Waals surface area contributed by atoms with E-state index >= 15 is 0 Å². The van der Waals surface area contributed by atoms with Gasteiger partial charge in [0.05, 0.1) is 18.8 Å². The van der Waals surface area contributed by atoms with Gasteiger partial charge in [-0.3, -0.25) is 0 Å². The van der Waals surface area contributed by atoms with E-state index < -0.39 is 5.72 Å². The Kier molecular flexibility index (Phi) is 14.7. The van der Waals surface area contributed by atoms with Gasteiger partial charge in [-0.2, -0.15) is 0 Å². The molecule has 4 N–H and O–H groups in total. The first-order chi connectivity index (χ1) is 13.5. The van der Waals surface area contributed by atoms with Crippen molar-refractivity contribution < 1.29 is 9.47 Å². The van der Waals surface area contributed by atoms with Crippen LogP contribution in [0.15, 0.2) is 0 Å². The number of ether oxygens (including phenoxy) is 2. The smallest absolute Gasteiger partial charge is 0.116 e. The zero-order valence-corrected chi connectivity index (χ0v) is 20.9. The van der Waals surface area contributed by atoms with E-state index in [-0.39, 0.29) is 11.0 Å². The number of hydrogen-bond acceptors (Lipinski definition) is 4. The van der Waals surface area contributed by atoms with Gasteiger partial charge in [-0.05, 0) is 64.3 Å². The van der Waals surface area contributed by atoms with Crippen molar-refractivity contribution in [3.05, 3.63) is 0 Å². The molecule has 0 aliphatic carbocycles. The molecule has 0 saturated carbocycles. The molecule has 0 radical (unpaired) electrons. The van der Waals surface area contributed by atoms with Crippen molar-refractivity contribution in [2.45, 2.75) is 130 Å². The fourth-order valence-electron chi connectivity index (χ4n) is 3.89. The SMILES string of the molecule is CCCCCCC(C)CCC(C)(C)OCCC(C)(N)OCC(C)(CCC)CCN. The fraction of sp³-hybridized carbons (Fsp3) is 1.00. The first-order valence-electron chi connectivity index (χ1n) is 12.3. The van der Waals surface area contributed by atoms with Gasteiger partial charge in [0.15, 0.2) is 0 Å². The van der Waals surface area contributed by atoms with Crippen LogP contribution in [0.1, 0.15) is 119 Å². The number of hydrogen-bond donors (Lipinski definition) is 2. The summed E-state index contributed by atoms with van der Waals surface area (Å²) < 4.78 is 12.3. The predicted molar refractivity (Wildman–Crippen MR) is 127 cm³/mol. The molecular weight excluding hydrogens is 360 g/mol. The van der Waals surface area contributed by atoms with Gasteiger partial charge < -0.3 is 20.9 Å². The highest BCUT2D eigenvalue weighted by atomic mass is 16.5. The van der Waals surface area contributed by atoms with Crippen LogP contribution < -0.4 is 11.5 Å². The van der Waals surface area contributed by atoms with Crippen molar-refractivity contribution in [1.82, 2.24) is 0 Å². The normalized spacial score (nSPS) is 17.7. The topological polar surface area (TPSA) is 70.5 Å². The standard InChI is InChI=1S/C25H54N2O2/c1-8-10-11-12-13-22(3)14-16-23(4,5)28-20-18-25(7,27)29-21-24(6,15-9-2)17-19-26/h22H,8-21,26-27H2,1-7H3. The largest absolute Gasteiger partial charge is 0.375 e. The first-order valence-corrected chi connectivity index (χ1v) is 12.3. The van der Waals surface area contributed by atoms with Crippen molar-refractivity contribution in [3.8, 4) is 0 Å².